The number of guanidine groups is 1. The number of halogens is 1. The van der Waals surface area contributed by atoms with Gasteiger partial charge < -0.3 is 24.8 Å². The Labute approximate surface area is 209 Å². The molecule has 6 nitrogen and oxygen atoms in total. The van der Waals surface area contributed by atoms with Crippen molar-refractivity contribution in [2.24, 2.45) is 4.99 Å². The third-order valence-corrected chi connectivity index (χ3v) is 5.22. The Balaban J connectivity index is 0.00000363. The highest BCUT2D eigenvalue weighted by Crippen LogP contribution is 2.22. The van der Waals surface area contributed by atoms with Crippen LogP contribution in [0, 0.1) is 6.92 Å². The van der Waals surface area contributed by atoms with Crippen LogP contribution in [-0.2, 0) is 29.2 Å². The summed E-state index contributed by atoms with van der Waals surface area (Å²) < 4.78 is 17.0. The molecule has 1 aliphatic heterocycles. The van der Waals surface area contributed by atoms with Gasteiger partial charge >= 0.3 is 0 Å². The summed E-state index contributed by atoms with van der Waals surface area (Å²) in [5.41, 5.74) is 4.62. The minimum absolute atomic E-state index is 0. The maximum absolute atomic E-state index is 6.12. The van der Waals surface area contributed by atoms with Gasteiger partial charge in [0.05, 0.1) is 19.3 Å². The van der Waals surface area contributed by atoms with Crippen molar-refractivity contribution >= 4 is 29.9 Å². The van der Waals surface area contributed by atoms with Crippen LogP contribution in [0.1, 0.15) is 42.0 Å². The van der Waals surface area contributed by atoms with Gasteiger partial charge in [0.25, 0.3) is 0 Å². The van der Waals surface area contributed by atoms with E-state index in [-0.39, 0.29) is 30.1 Å². The van der Waals surface area contributed by atoms with Crippen molar-refractivity contribution in [2.75, 3.05) is 26.9 Å². The van der Waals surface area contributed by atoms with Gasteiger partial charge in [0.2, 0.25) is 0 Å². The van der Waals surface area contributed by atoms with Crippen LogP contribution < -0.4 is 15.4 Å². The molecule has 1 fully saturated rings. The molecule has 32 heavy (non-hydrogen) atoms. The van der Waals surface area contributed by atoms with Gasteiger partial charge in [-0.15, -0.1) is 24.0 Å². The molecule has 0 aliphatic carbocycles. The second-order valence-corrected chi connectivity index (χ2v) is 7.86. The van der Waals surface area contributed by atoms with E-state index in [1.807, 2.05) is 0 Å². The van der Waals surface area contributed by atoms with Crippen LogP contribution in [0.25, 0.3) is 0 Å². The molecule has 1 atom stereocenters. The molecule has 1 heterocycles. The summed E-state index contributed by atoms with van der Waals surface area (Å²) >= 11 is 0. The van der Waals surface area contributed by atoms with Gasteiger partial charge in [0.1, 0.15) is 12.4 Å². The van der Waals surface area contributed by atoms with Gasteiger partial charge in [-0.3, -0.25) is 0 Å². The first-order valence-electron chi connectivity index (χ1n) is 11.1. The number of hydrogen-bond acceptors (Lipinski definition) is 4. The van der Waals surface area contributed by atoms with E-state index >= 15 is 0 Å². The van der Waals surface area contributed by atoms with Crippen LogP contribution in [0.2, 0.25) is 0 Å². The Morgan fingerprint density at radius 3 is 2.59 bits per heavy atom. The lowest BCUT2D eigenvalue weighted by molar-refractivity contribution is 0.0676. The van der Waals surface area contributed by atoms with Crippen molar-refractivity contribution in [1.29, 1.82) is 0 Å². The minimum atomic E-state index is 0. The number of nitrogens with zero attached hydrogens (tertiary/aromatic N) is 1. The summed E-state index contributed by atoms with van der Waals surface area (Å²) in [6.07, 6.45) is 2.40. The summed E-state index contributed by atoms with van der Waals surface area (Å²) in [6, 6.07) is 14.7. The molecule has 2 aromatic rings. The van der Waals surface area contributed by atoms with Gasteiger partial charge in [-0.25, -0.2) is 4.99 Å². The highest BCUT2D eigenvalue weighted by atomic mass is 127. The molecule has 0 aromatic heterocycles. The van der Waals surface area contributed by atoms with E-state index in [1.165, 1.54) is 5.56 Å². The van der Waals surface area contributed by atoms with Crippen LogP contribution in [0.5, 0.6) is 5.75 Å². The average molecular weight is 553 g/mol. The monoisotopic (exact) mass is 553 g/mol. The maximum atomic E-state index is 6.12. The zero-order valence-electron chi connectivity index (χ0n) is 19.4. The number of rotatable bonds is 10. The number of hydrogen-bond donors (Lipinski definition) is 2. The summed E-state index contributed by atoms with van der Waals surface area (Å²) in [6.45, 7) is 8.27. The molecule has 1 aliphatic rings. The van der Waals surface area contributed by atoms with Gasteiger partial charge in [-0.2, -0.15) is 0 Å². The topological polar surface area (TPSA) is 64.1 Å². The molecule has 2 N–H and O–H groups in total. The molecule has 1 saturated heterocycles. The first-order valence-corrected chi connectivity index (χ1v) is 11.1. The van der Waals surface area contributed by atoms with Gasteiger partial charge in [0.15, 0.2) is 5.96 Å². The number of aliphatic imine (C=N–C) groups is 1. The quantitative estimate of drug-likeness (QED) is 0.257. The zero-order valence-corrected chi connectivity index (χ0v) is 21.7. The molecule has 3 rings (SSSR count). The molecule has 0 amide bonds. The summed E-state index contributed by atoms with van der Waals surface area (Å²) in [4.78, 5) is 4.73. The van der Waals surface area contributed by atoms with Crippen LogP contribution in [0.3, 0.4) is 0 Å². The van der Waals surface area contributed by atoms with Crippen LogP contribution >= 0.6 is 24.0 Å². The second kappa shape index (κ2) is 14.3. The smallest absolute Gasteiger partial charge is 0.191 e. The molecule has 0 saturated carbocycles. The lowest BCUT2D eigenvalue weighted by Gasteiger charge is -2.17. The molecular formula is C25H36IN3O3. The van der Waals surface area contributed by atoms with E-state index in [1.54, 1.807) is 7.11 Å². The Morgan fingerprint density at radius 2 is 1.91 bits per heavy atom. The van der Waals surface area contributed by atoms with E-state index < -0.39 is 0 Å². The molecule has 1 unspecified atom stereocenters. The van der Waals surface area contributed by atoms with Crippen molar-refractivity contribution in [3.8, 4) is 5.75 Å². The highest BCUT2D eigenvalue weighted by Gasteiger charge is 2.17. The normalized spacial score (nSPS) is 15.8. The fourth-order valence-electron chi connectivity index (χ4n) is 3.50. The maximum Gasteiger partial charge on any atom is 0.191 e. The number of ether oxygens (including phenoxy) is 3. The third kappa shape index (κ3) is 8.60. The second-order valence-electron chi connectivity index (χ2n) is 7.86. The number of aryl methyl sites for hydroxylation is 1. The largest absolute Gasteiger partial charge is 0.491 e. The molecule has 176 valence electrons. The van der Waals surface area contributed by atoms with Gasteiger partial charge in [-0.1, -0.05) is 36.4 Å². The average Bonchev–Trinajstić information content (AvgIpc) is 3.30. The number of benzene rings is 2. The SMILES string of the molecule is CCNC(=NCc1ccc(COC)cc1)NCc1ccc(C)cc1OCC1CCCO1.I. The van der Waals surface area contributed by atoms with Crippen molar-refractivity contribution in [3.05, 3.63) is 64.7 Å². The first-order chi connectivity index (χ1) is 15.2. The third-order valence-electron chi connectivity index (χ3n) is 5.22. The van der Waals surface area contributed by atoms with Crippen LogP contribution in [0.4, 0.5) is 0 Å². The van der Waals surface area contributed by atoms with E-state index in [0.29, 0.717) is 26.3 Å². The van der Waals surface area contributed by atoms with Crippen molar-refractivity contribution < 1.29 is 14.2 Å². The van der Waals surface area contributed by atoms with E-state index in [9.17, 15) is 0 Å². The highest BCUT2D eigenvalue weighted by molar-refractivity contribution is 14.0. The fraction of sp³-hybridized carbons (Fsp3) is 0.480. The van der Waals surface area contributed by atoms with E-state index in [2.05, 4.69) is 66.9 Å². The van der Waals surface area contributed by atoms with Crippen molar-refractivity contribution in [1.82, 2.24) is 10.6 Å². The number of methoxy groups -OCH3 is 1. The van der Waals surface area contributed by atoms with Crippen molar-refractivity contribution in [3.63, 3.8) is 0 Å². The van der Waals surface area contributed by atoms with Gasteiger partial charge in [-0.05, 0) is 49.4 Å². The van der Waals surface area contributed by atoms with Crippen LogP contribution in [-0.4, -0.2) is 38.9 Å². The fourth-order valence-corrected chi connectivity index (χ4v) is 3.50. The lowest BCUT2D eigenvalue weighted by atomic mass is 10.1. The molecule has 0 bridgehead atoms. The first kappa shape index (κ1) is 26.4. The molecule has 0 spiro atoms. The summed E-state index contributed by atoms with van der Waals surface area (Å²) in [5.74, 6) is 1.70. The minimum Gasteiger partial charge on any atom is -0.491 e. The predicted molar refractivity (Wildman–Crippen MR) is 140 cm³/mol. The lowest BCUT2D eigenvalue weighted by Crippen LogP contribution is -2.36. The molecular weight excluding hydrogens is 517 g/mol. The Kier molecular flexibility index (Phi) is 11.8. The molecule has 2 aromatic carbocycles. The number of nitrogens with one attached hydrogen (secondary N) is 2. The Morgan fingerprint density at radius 1 is 1.12 bits per heavy atom. The summed E-state index contributed by atoms with van der Waals surface area (Å²) in [7, 11) is 1.71. The predicted octanol–water partition coefficient (Wildman–Crippen LogP) is 4.57. The van der Waals surface area contributed by atoms with Gasteiger partial charge in [0, 0.05) is 32.4 Å². The van der Waals surface area contributed by atoms with Crippen LogP contribution in [0.15, 0.2) is 47.5 Å². The molecule has 7 heteroatoms. The standard InChI is InChI=1S/C25H35N3O3.HI/c1-4-26-25(27-15-20-8-10-21(11-9-20)17-29-3)28-16-22-12-7-19(2)14-24(22)31-18-23-6-5-13-30-23;/h7-12,14,23H,4-6,13,15-18H2,1-3H3,(H2,26,27,28);1H. The van der Waals surface area contributed by atoms with E-state index in [4.69, 9.17) is 19.2 Å². The van der Waals surface area contributed by atoms with Crippen molar-refractivity contribution in [2.45, 2.75) is 52.5 Å². The zero-order chi connectivity index (χ0) is 21.9. The Bertz CT molecular complexity index is 837. The Hall–Kier alpha value is -1.84. The molecule has 0 radical (unpaired) electrons. The van der Waals surface area contributed by atoms with E-state index in [0.717, 1.165) is 54.4 Å². The summed E-state index contributed by atoms with van der Waals surface area (Å²) in [5, 5.41) is 6.75.